The van der Waals surface area contributed by atoms with Gasteiger partial charge in [-0.05, 0) is 12.1 Å². The van der Waals surface area contributed by atoms with E-state index in [0.717, 1.165) is 11.3 Å². The highest BCUT2D eigenvalue weighted by molar-refractivity contribution is 5.81. The van der Waals surface area contributed by atoms with Crippen LogP contribution in [0, 0.1) is 10.1 Å². The van der Waals surface area contributed by atoms with Gasteiger partial charge in [0.05, 0.1) is 16.8 Å². The summed E-state index contributed by atoms with van der Waals surface area (Å²) in [7, 11) is 0. The first-order chi connectivity index (χ1) is 9.27. The Bertz CT molecular complexity index is 667. The first-order valence-corrected chi connectivity index (χ1v) is 5.88. The van der Waals surface area contributed by atoms with Gasteiger partial charge in [-0.1, -0.05) is 30.3 Å². The van der Waals surface area contributed by atoms with Crippen LogP contribution in [-0.4, -0.2) is 11.3 Å². The molecule has 0 unspecified atom stereocenters. The number of rotatable bonds is 2. The normalized spacial score (nSPS) is 16.5. The van der Waals surface area contributed by atoms with E-state index in [9.17, 15) is 10.1 Å². The molecule has 0 fully saturated rings. The van der Waals surface area contributed by atoms with Gasteiger partial charge >= 0.3 is 0 Å². The van der Waals surface area contributed by atoms with E-state index >= 15 is 0 Å². The average molecular weight is 253 g/mol. The van der Waals surface area contributed by atoms with Crippen molar-refractivity contribution >= 4 is 17.7 Å². The third-order valence-electron chi connectivity index (χ3n) is 3.13. The number of para-hydroxylation sites is 2. The first-order valence-electron chi connectivity index (χ1n) is 5.88. The second-order valence-electron chi connectivity index (χ2n) is 4.23. The average Bonchev–Trinajstić information content (AvgIpc) is 2.46. The van der Waals surface area contributed by atoms with Gasteiger partial charge in [0.1, 0.15) is 6.04 Å². The summed E-state index contributed by atoms with van der Waals surface area (Å²) in [5.74, 6) is 0. The number of nitro benzene ring substituents is 1. The Hall–Kier alpha value is -2.69. The minimum atomic E-state index is -0.366. The lowest BCUT2D eigenvalue weighted by atomic mass is 9.95. The molecule has 5 heteroatoms. The molecule has 94 valence electrons. The second-order valence-corrected chi connectivity index (χ2v) is 4.23. The quantitative estimate of drug-likeness (QED) is 0.660. The number of benzene rings is 2. The number of fused-ring (bicyclic) bond motifs is 1. The molecule has 0 aromatic heterocycles. The van der Waals surface area contributed by atoms with Crippen molar-refractivity contribution in [3.8, 4) is 0 Å². The summed E-state index contributed by atoms with van der Waals surface area (Å²) in [5.41, 5.74) is 2.58. The third-order valence-corrected chi connectivity index (χ3v) is 3.13. The van der Waals surface area contributed by atoms with Crippen molar-refractivity contribution in [1.29, 1.82) is 0 Å². The molecule has 0 radical (unpaired) electrons. The molecule has 2 aromatic rings. The van der Waals surface area contributed by atoms with E-state index in [0.29, 0.717) is 5.56 Å². The number of anilines is 1. The Morgan fingerprint density at radius 3 is 2.53 bits per heavy atom. The summed E-state index contributed by atoms with van der Waals surface area (Å²) in [5, 5.41) is 14.2. The van der Waals surface area contributed by atoms with E-state index < -0.39 is 0 Å². The van der Waals surface area contributed by atoms with Crippen LogP contribution in [0.5, 0.6) is 0 Å². The second kappa shape index (κ2) is 4.53. The zero-order chi connectivity index (χ0) is 13.2. The van der Waals surface area contributed by atoms with Crippen LogP contribution < -0.4 is 5.32 Å². The summed E-state index contributed by atoms with van der Waals surface area (Å²) in [6.45, 7) is 0. The van der Waals surface area contributed by atoms with Crippen LogP contribution in [0.25, 0.3) is 0 Å². The van der Waals surface area contributed by atoms with Crippen molar-refractivity contribution in [2.45, 2.75) is 6.04 Å². The molecule has 1 aliphatic rings. The van der Waals surface area contributed by atoms with Crippen molar-refractivity contribution < 1.29 is 4.92 Å². The SMILES string of the molecule is O=[N+]([O-])c1ccccc1[C@H]1N=CNc2ccccc21. The summed E-state index contributed by atoms with van der Waals surface area (Å²) < 4.78 is 0. The first kappa shape index (κ1) is 11.4. The van der Waals surface area contributed by atoms with Crippen LogP contribution >= 0.6 is 0 Å². The molecule has 1 heterocycles. The Kier molecular flexibility index (Phi) is 2.72. The van der Waals surface area contributed by atoms with E-state index in [4.69, 9.17) is 0 Å². The van der Waals surface area contributed by atoms with E-state index in [-0.39, 0.29) is 16.7 Å². The maximum absolute atomic E-state index is 11.1. The van der Waals surface area contributed by atoms with Gasteiger partial charge in [0.15, 0.2) is 0 Å². The predicted octanol–water partition coefficient (Wildman–Crippen LogP) is 3.14. The molecule has 0 saturated heterocycles. The van der Waals surface area contributed by atoms with Crippen LogP contribution in [0.3, 0.4) is 0 Å². The number of hydrogen-bond acceptors (Lipinski definition) is 4. The van der Waals surface area contributed by atoms with Gasteiger partial charge in [-0.2, -0.15) is 0 Å². The van der Waals surface area contributed by atoms with Gasteiger partial charge in [0.25, 0.3) is 5.69 Å². The summed E-state index contributed by atoms with van der Waals surface area (Å²) >= 11 is 0. The van der Waals surface area contributed by atoms with Crippen molar-refractivity contribution in [3.05, 3.63) is 69.8 Å². The molecule has 0 spiro atoms. The highest BCUT2D eigenvalue weighted by Gasteiger charge is 2.25. The number of nitrogens with one attached hydrogen (secondary N) is 1. The van der Waals surface area contributed by atoms with Crippen LogP contribution in [0.4, 0.5) is 11.4 Å². The maximum Gasteiger partial charge on any atom is 0.275 e. The van der Waals surface area contributed by atoms with Crippen molar-refractivity contribution in [1.82, 2.24) is 0 Å². The molecule has 1 aliphatic heterocycles. The molecule has 0 aliphatic carbocycles. The Morgan fingerprint density at radius 1 is 1.05 bits per heavy atom. The Labute approximate surface area is 109 Å². The van der Waals surface area contributed by atoms with E-state index in [1.54, 1.807) is 24.5 Å². The molecule has 1 atom stereocenters. The van der Waals surface area contributed by atoms with Gasteiger partial charge in [-0.15, -0.1) is 0 Å². The lowest BCUT2D eigenvalue weighted by molar-refractivity contribution is -0.385. The molecule has 1 N–H and O–H groups in total. The zero-order valence-electron chi connectivity index (χ0n) is 9.98. The summed E-state index contributed by atoms with van der Waals surface area (Å²) in [6.07, 6.45) is 1.59. The largest absolute Gasteiger partial charge is 0.346 e. The van der Waals surface area contributed by atoms with E-state index in [1.165, 1.54) is 6.07 Å². The van der Waals surface area contributed by atoms with Crippen LogP contribution in [0.1, 0.15) is 17.2 Å². The fraction of sp³-hybridized carbons (Fsp3) is 0.0714. The van der Waals surface area contributed by atoms with Crippen LogP contribution in [-0.2, 0) is 0 Å². The fourth-order valence-corrected chi connectivity index (χ4v) is 2.26. The van der Waals surface area contributed by atoms with Gasteiger partial charge < -0.3 is 5.32 Å². The lowest BCUT2D eigenvalue weighted by Crippen LogP contribution is -2.12. The fourth-order valence-electron chi connectivity index (χ4n) is 2.26. The van der Waals surface area contributed by atoms with Crippen molar-refractivity contribution in [2.75, 3.05) is 5.32 Å². The van der Waals surface area contributed by atoms with Crippen molar-refractivity contribution in [3.63, 3.8) is 0 Å². The maximum atomic E-state index is 11.1. The van der Waals surface area contributed by atoms with Crippen LogP contribution in [0.15, 0.2) is 53.5 Å². The Balaban J connectivity index is 2.15. The number of hydrogen-bond donors (Lipinski definition) is 1. The van der Waals surface area contributed by atoms with Gasteiger partial charge in [0, 0.05) is 17.3 Å². The zero-order valence-corrected chi connectivity index (χ0v) is 9.98. The van der Waals surface area contributed by atoms with Crippen molar-refractivity contribution in [2.24, 2.45) is 4.99 Å². The summed E-state index contributed by atoms with van der Waals surface area (Å²) in [6, 6.07) is 14.1. The van der Waals surface area contributed by atoms with Gasteiger partial charge in [0.2, 0.25) is 0 Å². The van der Waals surface area contributed by atoms with Gasteiger partial charge in [-0.3, -0.25) is 15.1 Å². The molecule has 3 rings (SSSR count). The van der Waals surface area contributed by atoms with Gasteiger partial charge in [-0.25, -0.2) is 0 Å². The molecule has 0 amide bonds. The molecular weight excluding hydrogens is 242 g/mol. The van der Waals surface area contributed by atoms with Crippen LogP contribution in [0.2, 0.25) is 0 Å². The minimum Gasteiger partial charge on any atom is -0.346 e. The standard InChI is InChI=1S/C14H11N3O2/c18-17(19)13-8-4-2-6-11(13)14-10-5-1-3-7-12(10)15-9-16-14/h1-9,14H,(H,15,16)/t14-/m0/s1. The highest BCUT2D eigenvalue weighted by Crippen LogP contribution is 2.37. The predicted molar refractivity (Wildman–Crippen MR) is 73.5 cm³/mol. The molecule has 5 nitrogen and oxygen atoms in total. The number of nitrogens with zero attached hydrogens (tertiary/aromatic N) is 2. The number of nitro groups is 1. The van der Waals surface area contributed by atoms with E-state index in [2.05, 4.69) is 10.3 Å². The highest BCUT2D eigenvalue weighted by atomic mass is 16.6. The molecule has 0 bridgehead atoms. The molecule has 2 aromatic carbocycles. The number of aliphatic imine (C=N–C) groups is 1. The third kappa shape index (κ3) is 1.95. The molecule has 0 saturated carbocycles. The minimum absolute atomic E-state index is 0.0985. The molecular formula is C14H11N3O2. The lowest BCUT2D eigenvalue weighted by Gasteiger charge is -2.21. The topological polar surface area (TPSA) is 67.5 Å². The molecule has 19 heavy (non-hydrogen) atoms. The summed E-state index contributed by atoms with van der Waals surface area (Å²) in [4.78, 5) is 15.1. The Morgan fingerprint density at radius 2 is 1.74 bits per heavy atom. The van der Waals surface area contributed by atoms with E-state index in [1.807, 2.05) is 24.3 Å². The smallest absolute Gasteiger partial charge is 0.275 e. The monoisotopic (exact) mass is 253 g/mol.